The Morgan fingerprint density at radius 1 is 1.30 bits per heavy atom. The molecule has 2 heterocycles. The van der Waals surface area contributed by atoms with Crippen LogP contribution in [-0.2, 0) is 26.0 Å². The zero-order valence-corrected chi connectivity index (χ0v) is 16.5. The fraction of sp³-hybridized carbons (Fsp3) is 0.556. The van der Waals surface area contributed by atoms with Crippen molar-refractivity contribution in [3.8, 4) is 0 Å². The second-order valence-corrected chi connectivity index (χ2v) is 9.03. The Hall–Kier alpha value is -1.97. The summed E-state index contributed by atoms with van der Waals surface area (Å²) in [7, 11) is -3.41. The van der Waals surface area contributed by atoms with Gasteiger partial charge in [0, 0.05) is 32.5 Å². The van der Waals surface area contributed by atoms with Crippen LogP contribution < -0.4 is 5.32 Å². The molecule has 0 unspecified atom stereocenters. The van der Waals surface area contributed by atoms with E-state index in [-0.39, 0.29) is 36.8 Å². The number of ether oxygens (including phenoxy) is 1. The number of morpholine rings is 1. The molecule has 9 heteroatoms. The summed E-state index contributed by atoms with van der Waals surface area (Å²) in [6.07, 6.45) is 0.487. The number of fused-ring (bicyclic) bond motifs is 1. The number of aromatic amines is 1. The molecule has 0 radical (unpaired) electrons. The highest BCUT2D eigenvalue weighted by molar-refractivity contribution is 7.89. The lowest BCUT2D eigenvalue weighted by molar-refractivity contribution is -0.120. The molecule has 3 rings (SSSR count). The molecule has 148 valence electrons. The topological polar surface area (TPSA) is 104 Å². The largest absolute Gasteiger partial charge is 0.373 e. The molecule has 1 aromatic heterocycles. The Labute approximate surface area is 159 Å². The number of para-hydroxylation sites is 2. The number of rotatable bonds is 7. The first kappa shape index (κ1) is 19.8. The third-order valence-corrected chi connectivity index (χ3v) is 6.29. The number of aromatic nitrogens is 2. The number of carbonyl (C=O) groups excluding carboxylic acids is 1. The number of carbonyl (C=O) groups is 1. The van der Waals surface area contributed by atoms with E-state index in [1.165, 1.54) is 4.31 Å². The number of amides is 1. The summed E-state index contributed by atoms with van der Waals surface area (Å²) in [4.78, 5) is 19.6. The maximum absolute atomic E-state index is 12.4. The van der Waals surface area contributed by atoms with Crippen LogP contribution in [0.5, 0.6) is 0 Å². The molecule has 0 spiro atoms. The van der Waals surface area contributed by atoms with E-state index in [4.69, 9.17) is 4.74 Å². The molecule has 1 fully saturated rings. The maximum Gasteiger partial charge on any atom is 0.220 e. The highest BCUT2D eigenvalue weighted by atomic mass is 32.2. The number of nitrogens with zero attached hydrogens (tertiary/aromatic N) is 2. The average molecular weight is 394 g/mol. The van der Waals surface area contributed by atoms with Gasteiger partial charge in [0.2, 0.25) is 15.9 Å². The fourth-order valence-electron chi connectivity index (χ4n) is 3.25. The Kier molecular flexibility index (Phi) is 6.13. The molecule has 2 aromatic rings. The van der Waals surface area contributed by atoms with Gasteiger partial charge in [-0.25, -0.2) is 13.4 Å². The Bertz CT molecular complexity index is 853. The maximum atomic E-state index is 12.4. The van der Waals surface area contributed by atoms with E-state index in [0.717, 1.165) is 16.9 Å². The van der Waals surface area contributed by atoms with Gasteiger partial charge in [0.25, 0.3) is 0 Å². The van der Waals surface area contributed by atoms with E-state index in [0.29, 0.717) is 19.5 Å². The van der Waals surface area contributed by atoms with E-state index >= 15 is 0 Å². The SMILES string of the molecule is C[C@@H]1CN(S(=O)(=O)CCNC(=O)CCc2nc3ccccc3[nH]2)C[C@H](C)O1. The van der Waals surface area contributed by atoms with Gasteiger partial charge in [-0.2, -0.15) is 4.31 Å². The van der Waals surface area contributed by atoms with Crippen LogP contribution in [0.15, 0.2) is 24.3 Å². The summed E-state index contributed by atoms with van der Waals surface area (Å²) in [6.45, 7) is 4.52. The summed E-state index contributed by atoms with van der Waals surface area (Å²) in [5, 5.41) is 2.69. The van der Waals surface area contributed by atoms with Gasteiger partial charge < -0.3 is 15.0 Å². The number of sulfonamides is 1. The Morgan fingerprint density at radius 3 is 2.70 bits per heavy atom. The molecule has 1 aromatic carbocycles. The molecular formula is C18H26N4O4S. The average Bonchev–Trinajstić information content (AvgIpc) is 3.02. The van der Waals surface area contributed by atoms with Crippen molar-refractivity contribution in [1.82, 2.24) is 19.6 Å². The van der Waals surface area contributed by atoms with Crippen molar-refractivity contribution < 1.29 is 17.9 Å². The van der Waals surface area contributed by atoms with Crippen molar-refractivity contribution >= 4 is 27.0 Å². The first-order valence-corrected chi connectivity index (χ1v) is 10.8. The number of hydrogen-bond donors (Lipinski definition) is 2. The van der Waals surface area contributed by atoms with Gasteiger partial charge in [-0.15, -0.1) is 0 Å². The zero-order chi connectivity index (χ0) is 19.4. The molecule has 8 nitrogen and oxygen atoms in total. The normalized spacial score (nSPS) is 21.4. The molecule has 1 amide bonds. The standard InChI is InChI=1S/C18H26N4O4S/c1-13-11-22(12-14(2)26-13)27(24,25)10-9-19-18(23)8-7-17-20-15-5-3-4-6-16(15)21-17/h3-6,13-14H,7-12H2,1-2H3,(H,19,23)(H,20,21)/t13-,14+. The van der Waals surface area contributed by atoms with Gasteiger partial charge in [-0.05, 0) is 26.0 Å². The lowest BCUT2D eigenvalue weighted by Gasteiger charge is -2.34. The van der Waals surface area contributed by atoms with Crippen molar-refractivity contribution in [3.63, 3.8) is 0 Å². The Morgan fingerprint density at radius 2 is 2.00 bits per heavy atom. The molecule has 2 N–H and O–H groups in total. The van der Waals surface area contributed by atoms with E-state index in [2.05, 4.69) is 15.3 Å². The second kappa shape index (κ2) is 8.37. The minimum atomic E-state index is -3.41. The quantitative estimate of drug-likeness (QED) is 0.730. The van der Waals surface area contributed by atoms with Gasteiger partial charge in [0.1, 0.15) is 5.82 Å². The second-order valence-electron chi connectivity index (χ2n) is 6.94. The molecular weight excluding hydrogens is 368 g/mol. The van der Waals surface area contributed by atoms with Crippen molar-refractivity contribution in [1.29, 1.82) is 0 Å². The van der Waals surface area contributed by atoms with Crippen molar-refractivity contribution in [2.75, 3.05) is 25.4 Å². The summed E-state index contributed by atoms with van der Waals surface area (Å²) >= 11 is 0. The van der Waals surface area contributed by atoms with Gasteiger partial charge in [-0.3, -0.25) is 4.79 Å². The number of aryl methyl sites for hydroxylation is 1. The highest BCUT2D eigenvalue weighted by Crippen LogP contribution is 2.15. The van der Waals surface area contributed by atoms with E-state index in [1.54, 1.807) is 0 Å². The van der Waals surface area contributed by atoms with Crippen LogP contribution in [0.4, 0.5) is 0 Å². The lowest BCUT2D eigenvalue weighted by Crippen LogP contribution is -2.49. The number of imidazole rings is 1. The summed E-state index contributed by atoms with van der Waals surface area (Å²) in [5.41, 5.74) is 1.81. The monoisotopic (exact) mass is 394 g/mol. The summed E-state index contributed by atoms with van der Waals surface area (Å²) in [6, 6.07) is 7.68. The first-order valence-electron chi connectivity index (χ1n) is 9.17. The van der Waals surface area contributed by atoms with Crippen LogP contribution in [0, 0.1) is 0 Å². The van der Waals surface area contributed by atoms with Gasteiger partial charge in [0.15, 0.2) is 0 Å². The smallest absolute Gasteiger partial charge is 0.220 e. The minimum Gasteiger partial charge on any atom is -0.373 e. The molecule has 1 aliphatic rings. The number of nitrogens with one attached hydrogen (secondary N) is 2. The summed E-state index contributed by atoms with van der Waals surface area (Å²) in [5.74, 6) is 0.452. The van der Waals surface area contributed by atoms with Crippen LogP contribution in [0.1, 0.15) is 26.1 Å². The first-order chi connectivity index (χ1) is 12.8. The van der Waals surface area contributed by atoms with Crippen LogP contribution in [0.25, 0.3) is 11.0 Å². The van der Waals surface area contributed by atoms with Gasteiger partial charge >= 0.3 is 0 Å². The minimum absolute atomic E-state index is 0.0986. The third kappa shape index (κ3) is 5.27. The predicted octanol–water partition coefficient (Wildman–Crippen LogP) is 1.05. The van der Waals surface area contributed by atoms with E-state index in [1.807, 2.05) is 38.1 Å². The highest BCUT2D eigenvalue weighted by Gasteiger charge is 2.30. The van der Waals surface area contributed by atoms with Crippen molar-refractivity contribution in [3.05, 3.63) is 30.1 Å². The van der Waals surface area contributed by atoms with E-state index < -0.39 is 10.0 Å². The zero-order valence-electron chi connectivity index (χ0n) is 15.6. The van der Waals surface area contributed by atoms with Gasteiger partial charge in [0.05, 0.1) is 29.0 Å². The molecule has 1 aliphatic heterocycles. The number of H-pyrrole nitrogens is 1. The van der Waals surface area contributed by atoms with E-state index in [9.17, 15) is 13.2 Å². The predicted molar refractivity (Wildman–Crippen MR) is 103 cm³/mol. The molecule has 0 aliphatic carbocycles. The van der Waals surface area contributed by atoms with Gasteiger partial charge in [-0.1, -0.05) is 12.1 Å². The molecule has 1 saturated heterocycles. The number of benzene rings is 1. The molecule has 27 heavy (non-hydrogen) atoms. The van der Waals surface area contributed by atoms with Crippen molar-refractivity contribution in [2.24, 2.45) is 0 Å². The lowest BCUT2D eigenvalue weighted by atomic mass is 10.3. The third-order valence-electron chi connectivity index (χ3n) is 4.49. The van der Waals surface area contributed by atoms with Crippen molar-refractivity contribution in [2.45, 2.75) is 38.9 Å². The Balaban J connectivity index is 1.43. The van der Waals surface area contributed by atoms with Crippen LogP contribution in [-0.4, -0.2) is 66.2 Å². The van der Waals surface area contributed by atoms with Crippen LogP contribution >= 0.6 is 0 Å². The molecule has 2 atom stereocenters. The molecule has 0 saturated carbocycles. The van der Waals surface area contributed by atoms with Crippen LogP contribution in [0.2, 0.25) is 0 Å². The molecule has 0 bridgehead atoms. The van der Waals surface area contributed by atoms with Crippen LogP contribution in [0.3, 0.4) is 0 Å². The fourth-order valence-corrected chi connectivity index (χ4v) is 4.74. The number of hydrogen-bond acceptors (Lipinski definition) is 5. The summed E-state index contributed by atoms with van der Waals surface area (Å²) < 4.78 is 31.9.